The van der Waals surface area contributed by atoms with Crippen LogP contribution in [0.15, 0.2) is 34.9 Å². The number of hydrogen-bond acceptors (Lipinski definition) is 7. The smallest absolute Gasteiger partial charge is 0.322 e. The SMILES string of the molecule is Cc1cc(NC(=O)CSCC(=O)Nc2cccc([C@@]3(C)NC(=O)NC3=O)c2)no1. The van der Waals surface area contributed by atoms with Crippen molar-refractivity contribution in [2.45, 2.75) is 19.4 Å². The van der Waals surface area contributed by atoms with E-state index in [2.05, 4.69) is 26.4 Å². The molecule has 10 nitrogen and oxygen atoms in total. The normalized spacial score (nSPS) is 18.1. The molecule has 1 fully saturated rings. The van der Waals surface area contributed by atoms with Crippen molar-refractivity contribution in [3.8, 4) is 0 Å². The van der Waals surface area contributed by atoms with Crippen LogP contribution in [-0.4, -0.2) is 40.4 Å². The third-order valence-corrected chi connectivity index (χ3v) is 5.06. The van der Waals surface area contributed by atoms with E-state index in [4.69, 9.17) is 4.52 Å². The van der Waals surface area contributed by atoms with Gasteiger partial charge in [0.2, 0.25) is 11.8 Å². The van der Waals surface area contributed by atoms with E-state index in [1.165, 1.54) is 0 Å². The largest absolute Gasteiger partial charge is 0.360 e. The number of carbonyl (C=O) groups is 4. The summed E-state index contributed by atoms with van der Waals surface area (Å²) in [5.74, 6) is -0.0247. The zero-order valence-electron chi connectivity index (χ0n) is 15.7. The Bertz CT molecular complexity index is 975. The van der Waals surface area contributed by atoms with Crippen LogP contribution in [0, 0.1) is 6.92 Å². The Balaban J connectivity index is 1.50. The van der Waals surface area contributed by atoms with Crippen LogP contribution < -0.4 is 21.3 Å². The van der Waals surface area contributed by atoms with Gasteiger partial charge in [0, 0.05) is 11.8 Å². The van der Waals surface area contributed by atoms with Crippen molar-refractivity contribution < 1.29 is 23.7 Å². The predicted octanol–water partition coefficient (Wildman–Crippen LogP) is 1.35. The van der Waals surface area contributed by atoms with Gasteiger partial charge in [0.25, 0.3) is 5.91 Å². The summed E-state index contributed by atoms with van der Waals surface area (Å²) in [6, 6.07) is 7.68. The highest BCUT2D eigenvalue weighted by atomic mass is 32.2. The Morgan fingerprint density at radius 1 is 1.17 bits per heavy atom. The van der Waals surface area contributed by atoms with E-state index < -0.39 is 17.5 Å². The number of urea groups is 1. The monoisotopic (exact) mass is 417 g/mol. The van der Waals surface area contributed by atoms with Crippen LogP contribution >= 0.6 is 11.8 Å². The van der Waals surface area contributed by atoms with Crippen molar-refractivity contribution in [2.24, 2.45) is 0 Å². The fraction of sp³-hybridized carbons (Fsp3) is 0.278. The zero-order valence-corrected chi connectivity index (χ0v) is 16.5. The van der Waals surface area contributed by atoms with Gasteiger partial charge in [-0.15, -0.1) is 11.8 Å². The lowest BCUT2D eigenvalue weighted by Crippen LogP contribution is -2.40. The number of amides is 5. The van der Waals surface area contributed by atoms with E-state index in [-0.39, 0.29) is 23.3 Å². The highest BCUT2D eigenvalue weighted by Crippen LogP contribution is 2.26. The summed E-state index contributed by atoms with van der Waals surface area (Å²) in [5, 5.41) is 13.7. The first-order valence-electron chi connectivity index (χ1n) is 8.61. The second-order valence-corrected chi connectivity index (χ2v) is 7.51. The molecule has 4 N–H and O–H groups in total. The highest BCUT2D eigenvalue weighted by molar-refractivity contribution is 8.00. The lowest BCUT2D eigenvalue weighted by Gasteiger charge is -2.21. The van der Waals surface area contributed by atoms with Gasteiger partial charge in [-0.3, -0.25) is 19.7 Å². The second-order valence-electron chi connectivity index (χ2n) is 6.53. The van der Waals surface area contributed by atoms with Gasteiger partial charge in [0.05, 0.1) is 11.5 Å². The van der Waals surface area contributed by atoms with Gasteiger partial charge >= 0.3 is 6.03 Å². The molecule has 1 saturated heterocycles. The van der Waals surface area contributed by atoms with Crippen LogP contribution in [0.2, 0.25) is 0 Å². The summed E-state index contributed by atoms with van der Waals surface area (Å²) >= 11 is 1.14. The topological polar surface area (TPSA) is 142 Å². The maximum absolute atomic E-state index is 12.1. The summed E-state index contributed by atoms with van der Waals surface area (Å²) < 4.78 is 4.86. The predicted molar refractivity (Wildman–Crippen MR) is 106 cm³/mol. The molecule has 3 rings (SSSR count). The number of imide groups is 1. The number of benzene rings is 1. The van der Waals surface area contributed by atoms with Gasteiger partial charge in [0.1, 0.15) is 11.3 Å². The molecule has 5 amide bonds. The molecule has 1 atom stereocenters. The number of aromatic nitrogens is 1. The first-order valence-corrected chi connectivity index (χ1v) is 9.76. The molecule has 29 heavy (non-hydrogen) atoms. The van der Waals surface area contributed by atoms with E-state index in [0.29, 0.717) is 22.8 Å². The number of aryl methyl sites for hydroxylation is 1. The van der Waals surface area contributed by atoms with Gasteiger partial charge in [0.15, 0.2) is 5.82 Å². The molecule has 1 aliphatic heterocycles. The molecule has 2 aromatic rings. The van der Waals surface area contributed by atoms with Crippen LogP contribution in [-0.2, 0) is 19.9 Å². The van der Waals surface area contributed by atoms with Gasteiger partial charge in [-0.2, -0.15) is 0 Å². The minimum Gasteiger partial charge on any atom is -0.360 e. The number of rotatable bonds is 7. The third kappa shape index (κ3) is 4.93. The number of hydrogen-bond donors (Lipinski definition) is 4. The van der Waals surface area contributed by atoms with Crippen LogP contribution in [0.1, 0.15) is 18.2 Å². The van der Waals surface area contributed by atoms with E-state index >= 15 is 0 Å². The van der Waals surface area contributed by atoms with Crippen molar-refractivity contribution in [3.05, 3.63) is 41.7 Å². The molecule has 0 bridgehead atoms. The lowest BCUT2D eigenvalue weighted by atomic mass is 9.92. The van der Waals surface area contributed by atoms with E-state index in [0.717, 1.165) is 11.8 Å². The van der Waals surface area contributed by atoms with Crippen molar-refractivity contribution >= 4 is 47.0 Å². The van der Waals surface area contributed by atoms with Crippen molar-refractivity contribution in [2.75, 3.05) is 22.1 Å². The molecule has 1 aliphatic rings. The molecule has 1 aromatic heterocycles. The van der Waals surface area contributed by atoms with Crippen molar-refractivity contribution in [1.82, 2.24) is 15.8 Å². The molecule has 152 valence electrons. The molecular weight excluding hydrogens is 398 g/mol. The van der Waals surface area contributed by atoms with E-state index in [1.54, 1.807) is 44.2 Å². The highest BCUT2D eigenvalue weighted by Gasteiger charge is 2.43. The molecule has 2 heterocycles. The Morgan fingerprint density at radius 2 is 1.90 bits per heavy atom. The lowest BCUT2D eigenvalue weighted by molar-refractivity contribution is -0.123. The zero-order chi connectivity index (χ0) is 21.0. The number of nitrogens with zero attached hydrogens (tertiary/aromatic N) is 1. The minimum absolute atomic E-state index is 0.0595. The Kier molecular flexibility index (Phi) is 5.87. The Labute approximate surface area is 170 Å². The first kappa shape index (κ1) is 20.4. The molecule has 1 aromatic carbocycles. The summed E-state index contributed by atoms with van der Waals surface area (Å²) in [6.45, 7) is 3.29. The number of nitrogens with one attached hydrogen (secondary N) is 4. The summed E-state index contributed by atoms with van der Waals surface area (Å²) in [6.07, 6.45) is 0. The quantitative estimate of drug-likeness (QED) is 0.498. The van der Waals surface area contributed by atoms with E-state index in [1.807, 2.05) is 0 Å². The molecule has 0 aliphatic carbocycles. The van der Waals surface area contributed by atoms with Gasteiger partial charge in [-0.05, 0) is 31.5 Å². The Hall–Kier alpha value is -3.34. The number of carbonyl (C=O) groups excluding carboxylic acids is 4. The molecule has 0 spiro atoms. The number of thioether (sulfide) groups is 1. The van der Waals surface area contributed by atoms with Crippen LogP contribution in [0.25, 0.3) is 0 Å². The molecule has 0 saturated carbocycles. The first-order chi connectivity index (χ1) is 13.8. The van der Waals surface area contributed by atoms with Crippen molar-refractivity contribution in [3.63, 3.8) is 0 Å². The standard InChI is InChI=1S/C18H19N5O5S/c1-10-6-13(23-28-10)20-15(25)9-29-8-14(24)19-12-5-3-4-11(7-12)18(2)16(26)21-17(27)22-18/h3-7H,8-9H2,1-2H3,(H,19,24)(H,20,23,25)(H2,21,22,26,27)/t18-/m1/s1. The average molecular weight is 417 g/mol. The Morgan fingerprint density at radius 3 is 2.52 bits per heavy atom. The van der Waals surface area contributed by atoms with Crippen LogP contribution in [0.3, 0.4) is 0 Å². The van der Waals surface area contributed by atoms with Crippen LogP contribution in [0.5, 0.6) is 0 Å². The fourth-order valence-corrected chi connectivity index (χ4v) is 3.31. The molecule has 11 heteroatoms. The molecule has 0 radical (unpaired) electrons. The van der Waals surface area contributed by atoms with E-state index in [9.17, 15) is 19.2 Å². The fourth-order valence-electron chi connectivity index (χ4n) is 2.69. The van der Waals surface area contributed by atoms with Crippen LogP contribution in [0.4, 0.5) is 16.3 Å². The molecule has 0 unspecified atom stereocenters. The summed E-state index contributed by atoms with van der Waals surface area (Å²) in [5.41, 5.74) is -0.191. The summed E-state index contributed by atoms with van der Waals surface area (Å²) in [7, 11) is 0. The third-order valence-electron chi connectivity index (χ3n) is 4.13. The van der Waals surface area contributed by atoms with Gasteiger partial charge in [-0.1, -0.05) is 17.3 Å². The minimum atomic E-state index is -1.20. The van der Waals surface area contributed by atoms with Gasteiger partial charge in [-0.25, -0.2) is 4.79 Å². The van der Waals surface area contributed by atoms with Gasteiger partial charge < -0.3 is 20.5 Å². The average Bonchev–Trinajstić information content (AvgIpc) is 3.17. The number of anilines is 2. The maximum atomic E-state index is 12.1. The second kappa shape index (κ2) is 8.35. The summed E-state index contributed by atoms with van der Waals surface area (Å²) in [4.78, 5) is 47.5. The van der Waals surface area contributed by atoms with Crippen molar-refractivity contribution in [1.29, 1.82) is 0 Å². The molecular formula is C18H19N5O5S. The maximum Gasteiger partial charge on any atom is 0.322 e.